The van der Waals surface area contributed by atoms with Crippen molar-refractivity contribution in [1.29, 1.82) is 0 Å². The molecule has 0 aromatic rings. The highest BCUT2D eigenvalue weighted by Crippen LogP contribution is 2.34. The van der Waals surface area contributed by atoms with Crippen LogP contribution in [0.4, 0.5) is 0 Å². The maximum absolute atomic E-state index is 2.60. The summed E-state index contributed by atoms with van der Waals surface area (Å²) in [5.41, 5.74) is 0.517. The Morgan fingerprint density at radius 1 is 1.08 bits per heavy atom. The number of rotatable bonds is 1. The molecule has 78 valence electrons. The Bertz CT molecular complexity index is 147. The molecule has 0 aliphatic carbocycles. The molecule has 1 saturated heterocycles. The van der Waals surface area contributed by atoms with Crippen molar-refractivity contribution >= 4 is 0 Å². The summed E-state index contributed by atoms with van der Waals surface area (Å²) in [5.74, 6) is 0.933. The molecule has 13 heavy (non-hydrogen) atoms. The predicted molar refractivity (Wildman–Crippen MR) is 58.9 cm³/mol. The van der Waals surface area contributed by atoms with E-state index in [9.17, 15) is 0 Å². The van der Waals surface area contributed by atoms with Gasteiger partial charge in [0.1, 0.15) is 0 Å². The molecule has 0 unspecified atom stereocenters. The van der Waals surface area contributed by atoms with E-state index in [1.807, 2.05) is 0 Å². The average molecular weight is 183 g/mol. The van der Waals surface area contributed by atoms with Crippen LogP contribution in [0.2, 0.25) is 0 Å². The SMILES string of the molecule is CC(C)N1CCC(C(C)(C)C)CC1. The minimum atomic E-state index is 0.517. The zero-order valence-corrected chi connectivity index (χ0v) is 9.93. The summed E-state index contributed by atoms with van der Waals surface area (Å²) < 4.78 is 0. The van der Waals surface area contributed by atoms with Gasteiger partial charge in [-0.1, -0.05) is 20.8 Å². The maximum atomic E-state index is 2.60. The fourth-order valence-corrected chi connectivity index (χ4v) is 2.28. The van der Waals surface area contributed by atoms with Gasteiger partial charge in [0.2, 0.25) is 0 Å². The van der Waals surface area contributed by atoms with Crippen LogP contribution < -0.4 is 0 Å². The van der Waals surface area contributed by atoms with Gasteiger partial charge in [-0.05, 0) is 51.1 Å². The van der Waals surface area contributed by atoms with Crippen molar-refractivity contribution in [2.75, 3.05) is 13.1 Å². The second kappa shape index (κ2) is 4.00. The van der Waals surface area contributed by atoms with Crippen LogP contribution in [0, 0.1) is 11.3 Å². The van der Waals surface area contributed by atoms with Crippen LogP contribution in [0.25, 0.3) is 0 Å². The smallest absolute Gasteiger partial charge is 0.00385 e. The molecule has 0 aromatic heterocycles. The standard InChI is InChI=1S/C12H25N/c1-10(2)13-8-6-11(7-9-13)12(3,4)5/h10-11H,6-9H2,1-5H3. The molecule has 0 saturated carbocycles. The fourth-order valence-electron chi connectivity index (χ4n) is 2.28. The number of likely N-dealkylation sites (tertiary alicyclic amines) is 1. The van der Waals surface area contributed by atoms with Gasteiger partial charge < -0.3 is 4.90 Å². The van der Waals surface area contributed by atoms with E-state index in [0.717, 1.165) is 12.0 Å². The Labute approximate surface area is 83.5 Å². The van der Waals surface area contributed by atoms with Gasteiger partial charge in [0.15, 0.2) is 0 Å². The summed E-state index contributed by atoms with van der Waals surface area (Å²) in [7, 11) is 0. The van der Waals surface area contributed by atoms with Crippen molar-refractivity contribution in [3.63, 3.8) is 0 Å². The van der Waals surface area contributed by atoms with E-state index >= 15 is 0 Å². The lowest BCUT2D eigenvalue weighted by Gasteiger charge is -2.40. The first-order valence-corrected chi connectivity index (χ1v) is 5.65. The van der Waals surface area contributed by atoms with Gasteiger partial charge in [-0.15, -0.1) is 0 Å². The number of hydrogen-bond donors (Lipinski definition) is 0. The molecule has 1 fully saturated rings. The van der Waals surface area contributed by atoms with Crippen LogP contribution >= 0.6 is 0 Å². The number of hydrogen-bond acceptors (Lipinski definition) is 1. The molecule has 0 aromatic carbocycles. The lowest BCUT2D eigenvalue weighted by atomic mass is 9.75. The van der Waals surface area contributed by atoms with E-state index in [0.29, 0.717) is 5.41 Å². The quantitative estimate of drug-likeness (QED) is 0.603. The van der Waals surface area contributed by atoms with E-state index in [4.69, 9.17) is 0 Å². The normalized spacial score (nSPS) is 22.6. The van der Waals surface area contributed by atoms with Gasteiger partial charge in [0.05, 0.1) is 0 Å². The van der Waals surface area contributed by atoms with Crippen LogP contribution in [0.3, 0.4) is 0 Å². The van der Waals surface area contributed by atoms with Crippen LogP contribution in [-0.4, -0.2) is 24.0 Å². The van der Waals surface area contributed by atoms with Gasteiger partial charge in [0.25, 0.3) is 0 Å². The van der Waals surface area contributed by atoms with Crippen molar-refractivity contribution in [3.05, 3.63) is 0 Å². The lowest BCUT2D eigenvalue weighted by Crippen LogP contribution is -2.41. The second-order valence-electron chi connectivity index (χ2n) is 5.77. The zero-order chi connectivity index (χ0) is 10.1. The molecular formula is C12H25N. The van der Waals surface area contributed by atoms with Crippen LogP contribution in [0.1, 0.15) is 47.5 Å². The van der Waals surface area contributed by atoms with Crippen molar-refractivity contribution < 1.29 is 0 Å². The van der Waals surface area contributed by atoms with E-state index < -0.39 is 0 Å². The van der Waals surface area contributed by atoms with E-state index in [-0.39, 0.29) is 0 Å². The van der Waals surface area contributed by atoms with Crippen LogP contribution in [-0.2, 0) is 0 Å². The Morgan fingerprint density at radius 2 is 1.54 bits per heavy atom. The van der Waals surface area contributed by atoms with Crippen molar-refractivity contribution in [1.82, 2.24) is 4.90 Å². The Kier molecular flexibility index (Phi) is 3.39. The summed E-state index contributed by atoms with van der Waals surface area (Å²) in [4.78, 5) is 2.60. The molecule has 1 aliphatic rings. The van der Waals surface area contributed by atoms with Crippen molar-refractivity contribution in [3.8, 4) is 0 Å². The third kappa shape index (κ3) is 2.98. The first-order chi connectivity index (χ1) is 5.91. The highest BCUT2D eigenvalue weighted by molar-refractivity contribution is 4.81. The van der Waals surface area contributed by atoms with Gasteiger partial charge in [-0.25, -0.2) is 0 Å². The van der Waals surface area contributed by atoms with E-state index in [1.165, 1.54) is 25.9 Å². The molecule has 0 amide bonds. The molecule has 0 bridgehead atoms. The lowest BCUT2D eigenvalue weighted by molar-refractivity contribution is 0.0930. The molecule has 1 aliphatic heterocycles. The third-order valence-corrected chi connectivity index (χ3v) is 3.48. The van der Waals surface area contributed by atoms with Crippen LogP contribution in [0.5, 0.6) is 0 Å². The summed E-state index contributed by atoms with van der Waals surface area (Å²) in [5, 5.41) is 0. The Morgan fingerprint density at radius 3 is 1.85 bits per heavy atom. The Hall–Kier alpha value is -0.0400. The molecule has 0 N–H and O–H groups in total. The topological polar surface area (TPSA) is 3.24 Å². The van der Waals surface area contributed by atoms with E-state index in [2.05, 4.69) is 39.5 Å². The number of nitrogens with zero attached hydrogens (tertiary/aromatic N) is 1. The summed E-state index contributed by atoms with van der Waals surface area (Å²) in [6, 6.07) is 0.737. The molecule has 1 heterocycles. The highest BCUT2D eigenvalue weighted by atomic mass is 15.1. The van der Waals surface area contributed by atoms with Gasteiger partial charge in [-0.3, -0.25) is 0 Å². The van der Waals surface area contributed by atoms with Gasteiger partial charge in [0, 0.05) is 6.04 Å². The molecule has 0 radical (unpaired) electrons. The molecular weight excluding hydrogens is 158 g/mol. The highest BCUT2D eigenvalue weighted by Gasteiger charge is 2.29. The van der Waals surface area contributed by atoms with Crippen molar-refractivity contribution in [2.45, 2.75) is 53.5 Å². The largest absolute Gasteiger partial charge is 0.301 e. The monoisotopic (exact) mass is 183 g/mol. The average Bonchev–Trinajstić information content (AvgIpc) is 2.03. The molecule has 1 heteroatoms. The summed E-state index contributed by atoms with van der Waals surface area (Å²) >= 11 is 0. The zero-order valence-electron chi connectivity index (χ0n) is 9.93. The fraction of sp³-hybridized carbons (Fsp3) is 1.00. The first-order valence-electron chi connectivity index (χ1n) is 5.65. The van der Waals surface area contributed by atoms with Crippen molar-refractivity contribution in [2.24, 2.45) is 11.3 Å². The second-order valence-corrected chi connectivity index (χ2v) is 5.77. The van der Waals surface area contributed by atoms with Gasteiger partial charge in [-0.2, -0.15) is 0 Å². The minimum absolute atomic E-state index is 0.517. The molecule has 0 atom stereocenters. The maximum Gasteiger partial charge on any atom is 0.00385 e. The summed E-state index contributed by atoms with van der Waals surface area (Å²) in [6.45, 7) is 14.3. The minimum Gasteiger partial charge on any atom is -0.301 e. The van der Waals surface area contributed by atoms with Crippen LogP contribution in [0.15, 0.2) is 0 Å². The Balaban J connectivity index is 2.39. The number of piperidine rings is 1. The van der Waals surface area contributed by atoms with E-state index in [1.54, 1.807) is 0 Å². The first kappa shape index (κ1) is 11.0. The molecule has 1 nitrogen and oxygen atoms in total. The third-order valence-electron chi connectivity index (χ3n) is 3.48. The predicted octanol–water partition coefficient (Wildman–Crippen LogP) is 3.15. The molecule has 0 spiro atoms. The van der Waals surface area contributed by atoms with Gasteiger partial charge >= 0.3 is 0 Å². The summed E-state index contributed by atoms with van der Waals surface area (Å²) in [6.07, 6.45) is 2.78. The molecule has 1 rings (SSSR count).